The van der Waals surface area contributed by atoms with Crippen LogP contribution in [0.25, 0.3) is 0 Å². The van der Waals surface area contributed by atoms with Crippen LogP contribution < -0.4 is 14.8 Å². The Balaban J connectivity index is 2.22. The van der Waals surface area contributed by atoms with Crippen molar-refractivity contribution in [2.24, 2.45) is 0 Å². The molecule has 4 nitrogen and oxygen atoms in total. The zero-order chi connectivity index (χ0) is 14.4. The van der Waals surface area contributed by atoms with Crippen LogP contribution in [0, 0.1) is 0 Å². The third kappa shape index (κ3) is 3.81. The maximum atomic E-state index is 10.2. The van der Waals surface area contributed by atoms with Crippen LogP contribution in [0.2, 0.25) is 0 Å². The van der Waals surface area contributed by atoms with E-state index in [1.165, 1.54) is 12.2 Å². The lowest BCUT2D eigenvalue weighted by Gasteiger charge is -2.26. The lowest BCUT2D eigenvalue weighted by Crippen LogP contribution is -2.25. The van der Waals surface area contributed by atoms with E-state index in [2.05, 4.69) is 5.32 Å². The van der Waals surface area contributed by atoms with Gasteiger partial charge in [-0.1, -0.05) is 12.1 Å². The smallest absolute Gasteiger partial charge is 0.167 e. The van der Waals surface area contributed by atoms with Crippen molar-refractivity contribution in [1.82, 2.24) is 5.32 Å². The second-order valence-corrected chi connectivity index (χ2v) is 6.06. The fourth-order valence-electron chi connectivity index (χ4n) is 2.36. The summed E-state index contributed by atoms with van der Waals surface area (Å²) in [5.41, 5.74) is 0.786. The standard InChI is InChI=1S/C15H23NO3S/c1-16-9-13(17)12-6-3-7-14(18-2)15(12)19-11-5-4-8-20-10-11/h3,6-7,11,13,16-17H,4-5,8-10H2,1-2H3. The molecule has 0 radical (unpaired) electrons. The summed E-state index contributed by atoms with van der Waals surface area (Å²) in [5, 5.41) is 13.2. The van der Waals surface area contributed by atoms with Gasteiger partial charge in [0.15, 0.2) is 11.5 Å². The SMILES string of the molecule is CNCC(O)c1cccc(OC)c1OC1CCCSC1. The molecular weight excluding hydrogens is 274 g/mol. The van der Waals surface area contributed by atoms with Crippen LogP contribution in [0.3, 0.4) is 0 Å². The topological polar surface area (TPSA) is 50.7 Å². The minimum absolute atomic E-state index is 0.200. The molecule has 5 heteroatoms. The van der Waals surface area contributed by atoms with Gasteiger partial charge in [-0.05, 0) is 31.7 Å². The Morgan fingerprint density at radius 3 is 3.00 bits per heavy atom. The maximum absolute atomic E-state index is 10.2. The van der Waals surface area contributed by atoms with Crippen molar-refractivity contribution in [3.8, 4) is 11.5 Å². The highest BCUT2D eigenvalue weighted by Crippen LogP contribution is 2.37. The van der Waals surface area contributed by atoms with Crippen molar-refractivity contribution in [1.29, 1.82) is 0 Å². The van der Waals surface area contributed by atoms with Gasteiger partial charge in [0.25, 0.3) is 0 Å². The average molecular weight is 297 g/mol. The lowest BCUT2D eigenvalue weighted by molar-refractivity contribution is 0.157. The molecular formula is C15H23NO3S. The molecule has 1 aliphatic rings. The fraction of sp³-hybridized carbons (Fsp3) is 0.600. The summed E-state index contributed by atoms with van der Waals surface area (Å²) in [6, 6.07) is 5.66. The number of benzene rings is 1. The quantitative estimate of drug-likeness (QED) is 0.843. The first kappa shape index (κ1) is 15.5. The highest BCUT2D eigenvalue weighted by Gasteiger charge is 2.22. The molecule has 1 heterocycles. The fourth-order valence-corrected chi connectivity index (χ4v) is 3.39. The number of aliphatic hydroxyl groups is 1. The van der Waals surface area contributed by atoms with Crippen molar-refractivity contribution in [3.63, 3.8) is 0 Å². The average Bonchev–Trinajstić information content (AvgIpc) is 2.48. The number of methoxy groups -OCH3 is 1. The molecule has 0 amide bonds. The minimum atomic E-state index is -0.596. The summed E-state index contributed by atoms with van der Waals surface area (Å²) in [7, 11) is 3.45. The first-order chi connectivity index (χ1) is 9.76. The first-order valence-electron chi connectivity index (χ1n) is 7.00. The van der Waals surface area contributed by atoms with E-state index in [1.54, 1.807) is 7.11 Å². The summed E-state index contributed by atoms with van der Waals surface area (Å²) >= 11 is 1.92. The largest absolute Gasteiger partial charge is 0.493 e. The van der Waals surface area contributed by atoms with Gasteiger partial charge in [0.1, 0.15) is 6.10 Å². The number of thioether (sulfide) groups is 1. The van der Waals surface area contributed by atoms with Crippen LogP contribution in [-0.2, 0) is 0 Å². The minimum Gasteiger partial charge on any atom is -0.493 e. The second-order valence-electron chi connectivity index (χ2n) is 4.91. The number of likely N-dealkylation sites (N-methyl/N-ethyl adjacent to an activating group) is 1. The maximum Gasteiger partial charge on any atom is 0.167 e. The summed E-state index contributed by atoms with van der Waals surface area (Å²) in [6.07, 6.45) is 1.85. The van der Waals surface area contributed by atoms with Crippen LogP contribution in [0.4, 0.5) is 0 Å². The molecule has 1 aromatic rings. The van der Waals surface area contributed by atoms with Gasteiger partial charge in [-0.25, -0.2) is 0 Å². The molecule has 0 aromatic heterocycles. The number of nitrogens with one attached hydrogen (secondary N) is 1. The van der Waals surface area contributed by atoms with Gasteiger partial charge in [-0.2, -0.15) is 11.8 Å². The van der Waals surface area contributed by atoms with Crippen LogP contribution >= 0.6 is 11.8 Å². The van der Waals surface area contributed by atoms with Crippen LogP contribution in [0.15, 0.2) is 18.2 Å². The molecule has 2 atom stereocenters. The van der Waals surface area contributed by atoms with Gasteiger partial charge >= 0.3 is 0 Å². The summed E-state index contributed by atoms with van der Waals surface area (Å²) in [4.78, 5) is 0. The van der Waals surface area contributed by atoms with Gasteiger partial charge in [-0.3, -0.25) is 0 Å². The number of para-hydroxylation sites is 1. The van der Waals surface area contributed by atoms with Gasteiger partial charge in [-0.15, -0.1) is 0 Å². The zero-order valence-electron chi connectivity index (χ0n) is 12.1. The molecule has 1 aliphatic heterocycles. The molecule has 0 aliphatic carbocycles. The molecule has 1 aromatic carbocycles. The number of ether oxygens (including phenoxy) is 2. The third-order valence-electron chi connectivity index (χ3n) is 3.39. The van der Waals surface area contributed by atoms with Crippen molar-refractivity contribution in [2.45, 2.75) is 25.0 Å². The highest BCUT2D eigenvalue weighted by atomic mass is 32.2. The zero-order valence-corrected chi connectivity index (χ0v) is 12.9. The van der Waals surface area contributed by atoms with Crippen LogP contribution in [-0.4, -0.2) is 43.4 Å². The Kier molecular flexibility index (Phi) is 6.01. The molecule has 2 unspecified atom stereocenters. The van der Waals surface area contributed by atoms with Crippen molar-refractivity contribution in [3.05, 3.63) is 23.8 Å². The predicted octanol–water partition coefficient (Wildman–Crippen LogP) is 2.22. The Morgan fingerprint density at radius 1 is 1.50 bits per heavy atom. The van der Waals surface area contributed by atoms with E-state index in [4.69, 9.17) is 9.47 Å². The predicted molar refractivity (Wildman–Crippen MR) is 82.9 cm³/mol. The molecule has 2 N–H and O–H groups in total. The van der Waals surface area contributed by atoms with E-state index in [-0.39, 0.29) is 6.10 Å². The number of aliphatic hydroxyl groups excluding tert-OH is 1. The number of rotatable bonds is 6. The Hall–Kier alpha value is -0.910. The molecule has 112 valence electrons. The molecule has 20 heavy (non-hydrogen) atoms. The van der Waals surface area contributed by atoms with E-state index >= 15 is 0 Å². The summed E-state index contributed by atoms with van der Waals surface area (Å²) in [5.74, 6) is 3.58. The van der Waals surface area contributed by atoms with Gasteiger partial charge < -0.3 is 19.9 Å². The number of hydrogen-bond acceptors (Lipinski definition) is 5. The Morgan fingerprint density at radius 2 is 2.35 bits per heavy atom. The first-order valence-corrected chi connectivity index (χ1v) is 8.15. The van der Waals surface area contributed by atoms with E-state index < -0.39 is 6.10 Å². The van der Waals surface area contributed by atoms with E-state index in [0.29, 0.717) is 18.0 Å². The van der Waals surface area contributed by atoms with Gasteiger partial charge in [0.05, 0.1) is 13.2 Å². The molecule has 1 fully saturated rings. The molecule has 0 spiro atoms. The van der Waals surface area contributed by atoms with Gasteiger partial charge in [0.2, 0.25) is 0 Å². The van der Waals surface area contributed by atoms with Crippen LogP contribution in [0.5, 0.6) is 11.5 Å². The van der Waals surface area contributed by atoms with E-state index in [9.17, 15) is 5.11 Å². The number of hydrogen-bond donors (Lipinski definition) is 2. The van der Waals surface area contributed by atoms with E-state index in [0.717, 1.165) is 17.7 Å². The second kappa shape index (κ2) is 7.76. The molecule has 0 bridgehead atoms. The van der Waals surface area contributed by atoms with Crippen LogP contribution in [0.1, 0.15) is 24.5 Å². The normalized spacial score (nSPS) is 20.4. The monoisotopic (exact) mass is 297 g/mol. The molecule has 2 rings (SSSR count). The highest BCUT2D eigenvalue weighted by molar-refractivity contribution is 7.99. The molecule has 1 saturated heterocycles. The summed E-state index contributed by atoms with van der Waals surface area (Å²) < 4.78 is 11.5. The third-order valence-corrected chi connectivity index (χ3v) is 4.57. The Bertz CT molecular complexity index is 422. The van der Waals surface area contributed by atoms with E-state index in [1.807, 2.05) is 37.0 Å². The summed E-state index contributed by atoms with van der Waals surface area (Å²) in [6.45, 7) is 0.489. The van der Waals surface area contributed by atoms with Crippen molar-refractivity contribution >= 4 is 11.8 Å². The lowest BCUT2D eigenvalue weighted by atomic mass is 10.1. The van der Waals surface area contributed by atoms with Gasteiger partial charge in [0, 0.05) is 17.9 Å². The van der Waals surface area contributed by atoms with Crippen molar-refractivity contribution < 1.29 is 14.6 Å². The Labute approximate surface area is 124 Å². The molecule has 0 saturated carbocycles. The van der Waals surface area contributed by atoms with Crippen molar-refractivity contribution in [2.75, 3.05) is 32.2 Å².